The maximum atomic E-state index is 2.36. The number of rotatable bonds is 4. The fourth-order valence-electron chi connectivity index (χ4n) is 3.15. The Balaban J connectivity index is 2.15. The minimum Gasteiger partial charge on any atom is -0.135 e. The van der Waals surface area contributed by atoms with E-state index in [0.29, 0.717) is 0 Å². The maximum absolute atomic E-state index is 2.36. The Kier molecular flexibility index (Phi) is 4.03. The lowest BCUT2D eigenvalue weighted by Crippen LogP contribution is -1.89. The van der Waals surface area contributed by atoms with E-state index in [9.17, 15) is 0 Å². The number of thiophene rings is 1. The molecular weight excluding hydrogens is 272 g/mol. The van der Waals surface area contributed by atoms with Crippen LogP contribution in [-0.4, -0.2) is 0 Å². The molecule has 0 aliphatic heterocycles. The van der Waals surface area contributed by atoms with Gasteiger partial charge in [-0.15, -0.1) is 11.3 Å². The van der Waals surface area contributed by atoms with E-state index in [1.54, 1.807) is 0 Å². The fourth-order valence-corrected chi connectivity index (χ4v) is 4.53. The quantitative estimate of drug-likeness (QED) is 0.469. The van der Waals surface area contributed by atoms with Crippen molar-refractivity contribution >= 4 is 31.5 Å². The second-order valence-electron chi connectivity index (χ2n) is 6.17. The maximum Gasteiger partial charge on any atom is 0.0387 e. The third-order valence-electron chi connectivity index (χ3n) is 4.74. The van der Waals surface area contributed by atoms with Crippen molar-refractivity contribution in [2.45, 2.75) is 53.4 Å². The molecule has 3 aromatic rings. The van der Waals surface area contributed by atoms with Gasteiger partial charge in [0.2, 0.25) is 0 Å². The molecule has 0 atom stereocenters. The number of unbranched alkanes of at least 4 members (excludes halogenated alkanes) is 2. The Bertz CT molecular complexity index is 793. The lowest BCUT2D eigenvalue weighted by molar-refractivity contribution is 0.716. The van der Waals surface area contributed by atoms with Crippen LogP contribution in [0.15, 0.2) is 24.3 Å². The van der Waals surface area contributed by atoms with Crippen LogP contribution >= 0.6 is 11.3 Å². The van der Waals surface area contributed by atoms with Gasteiger partial charge in [0.25, 0.3) is 0 Å². The van der Waals surface area contributed by atoms with E-state index in [4.69, 9.17) is 0 Å². The SMILES string of the molecule is CCCCCc1ccc2c(sc3c(C)c(C)ccc32)c1C. The van der Waals surface area contributed by atoms with Crippen LogP contribution in [-0.2, 0) is 6.42 Å². The van der Waals surface area contributed by atoms with Crippen molar-refractivity contribution in [2.75, 3.05) is 0 Å². The summed E-state index contributed by atoms with van der Waals surface area (Å²) in [5.41, 5.74) is 5.88. The van der Waals surface area contributed by atoms with Crippen LogP contribution in [0.25, 0.3) is 20.2 Å². The van der Waals surface area contributed by atoms with E-state index in [1.807, 2.05) is 11.3 Å². The van der Waals surface area contributed by atoms with E-state index in [0.717, 1.165) is 0 Å². The molecule has 110 valence electrons. The molecule has 21 heavy (non-hydrogen) atoms. The van der Waals surface area contributed by atoms with Gasteiger partial charge in [-0.25, -0.2) is 0 Å². The van der Waals surface area contributed by atoms with E-state index in [1.165, 1.54) is 68.1 Å². The van der Waals surface area contributed by atoms with Crippen LogP contribution in [0.4, 0.5) is 0 Å². The largest absolute Gasteiger partial charge is 0.135 e. The van der Waals surface area contributed by atoms with E-state index < -0.39 is 0 Å². The topological polar surface area (TPSA) is 0 Å². The van der Waals surface area contributed by atoms with Crippen molar-refractivity contribution in [1.29, 1.82) is 0 Å². The minimum atomic E-state index is 1.22. The molecule has 0 saturated heterocycles. The van der Waals surface area contributed by atoms with Crippen LogP contribution < -0.4 is 0 Å². The van der Waals surface area contributed by atoms with Crippen molar-refractivity contribution in [3.05, 3.63) is 46.5 Å². The summed E-state index contributed by atoms with van der Waals surface area (Å²) in [6.45, 7) is 9.04. The van der Waals surface area contributed by atoms with Gasteiger partial charge in [-0.1, -0.05) is 44.0 Å². The van der Waals surface area contributed by atoms with Gasteiger partial charge in [0.15, 0.2) is 0 Å². The van der Waals surface area contributed by atoms with Crippen LogP contribution in [0.2, 0.25) is 0 Å². The highest BCUT2D eigenvalue weighted by Gasteiger charge is 2.12. The fraction of sp³-hybridized carbons (Fsp3) is 0.400. The van der Waals surface area contributed by atoms with Gasteiger partial charge in [0.05, 0.1) is 0 Å². The Hall–Kier alpha value is -1.34. The van der Waals surface area contributed by atoms with Crippen LogP contribution in [0.5, 0.6) is 0 Å². The van der Waals surface area contributed by atoms with Gasteiger partial charge in [0, 0.05) is 20.2 Å². The number of hydrogen-bond acceptors (Lipinski definition) is 1. The summed E-state index contributed by atoms with van der Waals surface area (Å²) in [5.74, 6) is 0. The summed E-state index contributed by atoms with van der Waals surface area (Å²) in [6, 6.07) is 9.26. The molecule has 1 heterocycles. The first kappa shape index (κ1) is 14.6. The zero-order valence-electron chi connectivity index (χ0n) is 13.5. The third-order valence-corrected chi connectivity index (χ3v) is 6.20. The Morgan fingerprint density at radius 2 is 1.48 bits per heavy atom. The highest BCUT2D eigenvalue weighted by molar-refractivity contribution is 7.26. The van der Waals surface area contributed by atoms with Crippen molar-refractivity contribution in [1.82, 2.24) is 0 Å². The van der Waals surface area contributed by atoms with Crippen LogP contribution in [0.1, 0.15) is 48.4 Å². The molecule has 1 heteroatoms. The zero-order chi connectivity index (χ0) is 15.0. The molecule has 0 amide bonds. The molecule has 0 N–H and O–H groups in total. The molecule has 0 aliphatic rings. The lowest BCUT2D eigenvalue weighted by atomic mass is 9.99. The first-order valence-corrected chi connectivity index (χ1v) is 8.86. The summed E-state index contributed by atoms with van der Waals surface area (Å²) in [4.78, 5) is 0. The van der Waals surface area contributed by atoms with E-state index in [-0.39, 0.29) is 0 Å². The predicted molar refractivity (Wildman–Crippen MR) is 96.8 cm³/mol. The van der Waals surface area contributed by atoms with Crippen molar-refractivity contribution in [3.63, 3.8) is 0 Å². The highest BCUT2D eigenvalue weighted by atomic mass is 32.1. The third kappa shape index (κ3) is 2.48. The molecule has 0 aliphatic carbocycles. The average molecular weight is 296 g/mol. The predicted octanol–water partition coefficient (Wildman–Crippen LogP) is 6.71. The van der Waals surface area contributed by atoms with Crippen LogP contribution in [0, 0.1) is 20.8 Å². The van der Waals surface area contributed by atoms with Crippen molar-refractivity contribution < 1.29 is 0 Å². The number of hydrogen-bond donors (Lipinski definition) is 0. The molecule has 0 nitrogen and oxygen atoms in total. The first-order valence-electron chi connectivity index (χ1n) is 8.04. The van der Waals surface area contributed by atoms with Gasteiger partial charge in [-0.05, 0) is 55.9 Å². The van der Waals surface area contributed by atoms with Gasteiger partial charge in [-0.2, -0.15) is 0 Å². The van der Waals surface area contributed by atoms with Gasteiger partial charge >= 0.3 is 0 Å². The zero-order valence-corrected chi connectivity index (χ0v) is 14.4. The smallest absolute Gasteiger partial charge is 0.0387 e. The summed E-state index contributed by atoms with van der Waals surface area (Å²) < 4.78 is 2.96. The second-order valence-corrected chi connectivity index (χ2v) is 7.19. The summed E-state index contributed by atoms with van der Waals surface area (Å²) in [7, 11) is 0. The average Bonchev–Trinajstić information content (AvgIpc) is 2.86. The van der Waals surface area contributed by atoms with Crippen LogP contribution in [0.3, 0.4) is 0 Å². The van der Waals surface area contributed by atoms with Gasteiger partial charge in [-0.3, -0.25) is 0 Å². The second kappa shape index (κ2) is 5.81. The Morgan fingerprint density at radius 3 is 2.19 bits per heavy atom. The molecule has 3 rings (SSSR count). The molecule has 0 fully saturated rings. The van der Waals surface area contributed by atoms with Crippen molar-refractivity contribution in [2.24, 2.45) is 0 Å². The van der Waals surface area contributed by atoms with Gasteiger partial charge in [0.1, 0.15) is 0 Å². The van der Waals surface area contributed by atoms with Crippen molar-refractivity contribution in [3.8, 4) is 0 Å². The molecule has 2 aromatic carbocycles. The van der Waals surface area contributed by atoms with Gasteiger partial charge < -0.3 is 0 Å². The minimum absolute atomic E-state index is 1.22. The first-order chi connectivity index (χ1) is 10.1. The number of aryl methyl sites for hydroxylation is 4. The molecule has 0 spiro atoms. The molecule has 0 saturated carbocycles. The highest BCUT2D eigenvalue weighted by Crippen LogP contribution is 2.39. The normalized spacial score (nSPS) is 11.6. The summed E-state index contributed by atoms with van der Waals surface area (Å²) >= 11 is 1.98. The molecule has 0 radical (unpaired) electrons. The summed E-state index contributed by atoms with van der Waals surface area (Å²) in [5, 5.41) is 2.87. The lowest BCUT2D eigenvalue weighted by Gasteiger charge is -2.06. The molecule has 1 aromatic heterocycles. The Morgan fingerprint density at radius 1 is 0.810 bits per heavy atom. The Labute approximate surface area is 131 Å². The van der Waals surface area contributed by atoms with E-state index in [2.05, 4.69) is 52.0 Å². The van der Waals surface area contributed by atoms with E-state index >= 15 is 0 Å². The number of fused-ring (bicyclic) bond motifs is 3. The molecular formula is C20H24S. The monoisotopic (exact) mass is 296 g/mol. The molecule has 0 bridgehead atoms. The standard InChI is InChI=1S/C20H24S/c1-5-6-7-8-16-10-12-18-17-11-9-13(2)14(3)19(17)21-20(18)15(16)4/h9-12H,5-8H2,1-4H3. The number of benzene rings is 2. The summed E-state index contributed by atoms with van der Waals surface area (Å²) in [6.07, 6.45) is 5.17. The molecule has 0 unspecified atom stereocenters.